The van der Waals surface area contributed by atoms with Gasteiger partial charge in [-0.3, -0.25) is 4.79 Å². The highest BCUT2D eigenvalue weighted by molar-refractivity contribution is 7.89. The fraction of sp³-hybridized carbons (Fsp3) is 0.409. The molecular weight excluding hydrogens is 453 g/mol. The standard InChI is InChI=1S/C22H28FN3O6S/c1-16(15-30-2)25-22(27)14-24-20-13-19(33(28,29)26-9-11-31-12-10-26)7-8-21(20)32-18-5-3-17(23)4-6-18/h3-8,13,16,24H,9-12,14-15H2,1-2H3,(H,25,27). The number of amides is 1. The van der Waals surface area contributed by atoms with Crippen LogP contribution in [-0.2, 0) is 24.3 Å². The number of benzene rings is 2. The quantitative estimate of drug-likeness (QED) is 0.536. The first-order valence-electron chi connectivity index (χ1n) is 10.5. The smallest absolute Gasteiger partial charge is 0.243 e. The van der Waals surface area contributed by atoms with Gasteiger partial charge in [-0.2, -0.15) is 4.31 Å². The molecule has 0 bridgehead atoms. The van der Waals surface area contributed by atoms with E-state index in [2.05, 4.69) is 10.6 Å². The van der Waals surface area contributed by atoms with Gasteiger partial charge in [-0.25, -0.2) is 12.8 Å². The summed E-state index contributed by atoms with van der Waals surface area (Å²) >= 11 is 0. The van der Waals surface area contributed by atoms with Crippen LogP contribution in [-0.4, -0.2) is 71.2 Å². The van der Waals surface area contributed by atoms with Gasteiger partial charge in [-0.15, -0.1) is 0 Å². The second-order valence-electron chi connectivity index (χ2n) is 7.51. The number of carbonyl (C=O) groups excluding carboxylic acids is 1. The number of anilines is 1. The summed E-state index contributed by atoms with van der Waals surface area (Å²) in [5.41, 5.74) is 0.309. The van der Waals surface area contributed by atoms with Crippen molar-refractivity contribution in [3.05, 3.63) is 48.3 Å². The first kappa shape index (κ1) is 24.9. The molecule has 9 nitrogen and oxygen atoms in total. The molecule has 1 unspecified atom stereocenters. The first-order chi connectivity index (χ1) is 15.8. The Kier molecular flexibility index (Phi) is 8.61. The minimum atomic E-state index is -3.75. The molecule has 0 spiro atoms. The lowest BCUT2D eigenvalue weighted by Gasteiger charge is -2.26. The molecule has 3 rings (SSSR count). The van der Waals surface area contributed by atoms with Crippen LogP contribution in [0.4, 0.5) is 10.1 Å². The zero-order chi connectivity index (χ0) is 23.8. The van der Waals surface area contributed by atoms with Crippen molar-refractivity contribution in [2.75, 3.05) is 51.9 Å². The van der Waals surface area contributed by atoms with Crippen LogP contribution in [0.1, 0.15) is 6.92 Å². The molecule has 0 aromatic heterocycles. The van der Waals surface area contributed by atoms with Gasteiger partial charge in [0, 0.05) is 26.2 Å². The topological polar surface area (TPSA) is 106 Å². The van der Waals surface area contributed by atoms with Crippen LogP contribution >= 0.6 is 0 Å². The molecule has 0 radical (unpaired) electrons. The van der Waals surface area contributed by atoms with E-state index in [1.54, 1.807) is 14.0 Å². The molecule has 0 saturated carbocycles. The average Bonchev–Trinajstić information content (AvgIpc) is 2.80. The van der Waals surface area contributed by atoms with Crippen LogP contribution in [0.5, 0.6) is 11.5 Å². The molecule has 180 valence electrons. The molecule has 1 saturated heterocycles. The molecule has 2 aromatic rings. The van der Waals surface area contributed by atoms with Gasteiger partial charge in [0.05, 0.1) is 36.9 Å². The summed E-state index contributed by atoms with van der Waals surface area (Å²) < 4.78 is 56.8. The second-order valence-corrected chi connectivity index (χ2v) is 9.45. The Morgan fingerprint density at radius 1 is 1.18 bits per heavy atom. The average molecular weight is 482 g/mol. The Bertz CT molecular complexity index is 1040. The largest absolute Gasteiger partial charge is 0.455 e. The zero-order valence-electron chi connectivity index (χ0n) is 18.5. The van der Waals surface area contributed by atoms with E-state index in [0.29, 0.717) is 37.0 Å². The second kappa shape index (κ2) is 11.4. The Morgan fingerprint density at radius 2 is 1.88 bits per heavy atom. The normalized spacial score (nSPS) is 15.6. The number of nitrogens with one attached hydrogen (secondary N) is 2. The van der Waals surface area contributed by atoms with Crippen LogP contribution in [0.15, 0.2) is 47.4 Å². The van der Waals surface area contributed by atoms with Gasteiger partial charge in [0.25, 0.3) is 0 Å². The molecule has 33 heavy (non-hydrogen) atoms. The number of methoxy groups -OCH3 is 1. The number of hydrogen-bond donors (Lipinski definition) is 2. The SMILES string of the molecule is COCC(C)NC(=O)CNc1cc(S(=O)(=O)N2CCOCC2)ccc1Oc1ccc(F)cc1. The summed E-state index contributed by atoms with van der Waals surface area (Å²) in [7, 11) is -2.21. The summed E-state index contributed by atoms with van der Waals surface area (Å²) in [6.07, 6.45) is 0. The minimum Gasteiger partial charge on any atom is -0.455 e. The molecule has 1 aliphatic heterocycles. The number of rotatable bonds is 10. The number of sulfonamides is 1. The van der Waals surface area contributed by atoms with Crippen LogP contribution in [0.2, 0.25) is 0 Å². The lowest BCUT2D eigenvalue weighted by molar-refractivity contribution is -0.120. The van der Waals surface area contributed by atoms with Crippen molar-refractivity contribution < 1.29 is 31.8 Å². The van der Waals surface area contributed by atoms with E-state index < -0.39 is 15.8 Å². The third-order valence-electron chi connectivity index (χ3n) is 4.86. The Hall–Kier alpha value is -2.73. The maximum Gasteiger partial charge on any atom is 0.243 e. The predicted octanol–water partition coefficient (Wildman–Crippen LogP) is 2.20. The van der Waals surface area contributed by atoms with Crippen LogP contribution in [0, 0.1) is 5.82 Å². The van der Waals surface area contributed by atoms with Crippen molar-refractivity contribution in [3.8, 4) is 11.5 Å². The number of halogens is 1. The predicted molar refractivity (Wildman–Crippen MR) is 120 cm³/mol. The third kappa shape index (κ3) is 6.87. The van der Waals surface area contributed by atoms with Gasteiger partial charge in [-0.1, -0.05) is 0 Å². The summed E-state index contributed by atoms with van der Waals surface area (Å²) in [5, 5.41) is 5.72. The van der Waals surface area contributed by atoms with Crippen molar-refractivity contribution in [3.63, 3.8) is 0 Å². The minimum absolute atomic E-state index is 0.0616. The van der Waals surface area contributed by atoms with Crippen molar-refractivity contribution in [1.29, 1.82) is 0 Å². The lowest BCUT2D eigenvalue weighted by atomic mass is 10.2. The fourth-order valence-electron chi connectivity index (χ4n) is 3.26. The summed E-state index contributed by atoms with van der Waals surface area (Å²) in [4.78, 5) is 12.3. The van der Waals surface area contributed by atoms with Crippen LogP contribution < -0.4 is 15.4 Å². The summed E-state index contributed by atoms with van der Waals surface area (Å²) in [5.74, 6) is -0.0510. The Balaban J connectivity index is 1.83. The van der Waals surface area contributed by atoms with Crippen molar-refractivity contribution in [2.24, 2.45) is 0 Å². The molecule has 2 aromatic carbocycles. The van der Waals surface area contributed by atoms with Gasteiger partial charge in [0.1, 0.15) is 11.6 Å². The van der Waals surface area contributed by atoms with Gasteiger partial charge in [-0.05, 0) is 49.4 Å². The molecule has 1 fully saturated rings. The van der Waals surface area contributed by atoms with Gasteiger partial charge >= 0.3 is 0 Å². The zero-order valence-corrected chi connectivity index (χ0v) is 19.4. The third-order valence-corrected chi connectivity index (χ3v) is 6.76. The molecule has 1 heterocycles. The number of hydrogen-bond acceptors (Lipinski definition) is 7. The number of nitrogens with zero attached hydrogens (tertiary/aromatic N) is 1. The molecular formula is C22H28FN3O6S. The Labute approximate surface area is 192 Å². The molecule has 1 atom stereocenters. The summed E-state index contributed by atoms with van der Waals surface area (Å²) in [6.45, 7) is 3.23. The first-order valence-corrected chi connectivity index (χ1v) is 11.9. The van der Waals surface area contributed by atoms with E-state index in [9.17, 15) is 17.6 Å². The van der Waals surface area contributed by atoms with Gasteiger partial charge in [0.15, 0.2) is 5.75 Å². The maximum absolute atomic E-state index is 13.2. The molecule has 2 N–H and O–H groups in total. The highest BCUT2D eigenvalue weighted by Crippen LogP contribution is 2.33. The molecule has 0 aliphatic carbocycles. The molecule has 1 aliphatic rings. The number of ether oxygens (including phenoxy) is 3. The van der Waals surface area contributed by atoms with E-state index in [1.165, 1.54) is 46.8 Å². The van der Waals surface area contributed by atoms with Gasteiger partial charge in [0.2, 0.25) is 15.9 Å². The monoisotopic (exact) mass is 481 g/mol. The van der Waals surface area contributed by atoms with Crippen LogP contribution in [0.25, 0.3) is 0 Å². The highest BCUT2D eigenvalue weighted by Gasteiger charge is 2.27. The van der Waals surface area contributed by atoms with Crippen molar-refractivity contribution >= 4 is 21.6 Å². The molecule has 11 heteroatoms. The van der Waals surface area contributed by atoms with E-state index in [0.717, 1.165) is 0 Å². The number of carbonyl (C=O) groups is 1. The highest BCUT2D eigenvalue weighted by atomic mass is 32.2. The lowest BCUT2D eigenvalue weighted by Crippen LogP contribution is -2.40. The van der Waals surface area contributed by atoms with Crippen molar-refractivity contribution in [2.45, 2.75) is 17.9 Å². The van der Waals surface area contributed by atoms with E-state index >= 15 is 0 Å². The van der Waals surface area contributed by atoms with E-state index in [-0.39, 0.29) is 36.5 Å². The fourth-order valence-corrected chi connectivity index (χ4v) is 4.69. The number of morpholine rings is 1. The summed E-state index contributed by atoms with van der Waals surface area (Å²) in [6, 6.07) is 9.60. The van der Waals surface area contributed by atoms with Crippen molar-refractivity contribution in [1.82, 2.24) is 9.62 Å². The maximum atomic E-state index is 13.2. The van der Waals surface area contributed by atoms with E-state index in [4.69, 9.17) is 14.2 Å². The molecule has 1 amide bonds. The van der Waals surface area contributed by atoms with Crippen LogP contribution in [0.3, 0.4) is 0 Å². The van der Waals surface area contributed by atoms with Gasteiger partial charge < -0.3 is 24.8 Å². The van der Waals surface area contributed by atoms with E-state index in [1.807, 2.05) is 0 Å². The Morgan fingerprint density at radius 3 is 2.55 bits per heavy atom.